The number of aliphatic hydroxyl groups is 1. The molecule has 1 fully saturated rings. The van der Waals surface area contributed by atoms with Gasteiger partial charge in [0, 0.05) is 5.02 Å². The fraction of sp³-hybridized carbons (Fsp3) is 0.538. The normalized spacial score (nSPS) is 19.1. The monoisotopic (exact) mass is 275 g/mol. The van der Waals surface area contributed by atoms with Gasteiger partial charge in [-0.3, -0.25) is 0 Å². The molecule has 17 heavy (non-hydrogen) atoms. The summed E-state index contributed by atoms with van der Waals surface area (Å²) in [5.74, 6) is 0.380. The van der Waals surface area contributed by atoms with Crippen molar-refractivity contribution in [3.05, 3.63) is 34.3 Å². The Balaban J connectivity index is 0.00000144. The van der Waals surface area contributed by atoms with Crippen molar-refractivity contribution < 1.29 is 5.11 Å². The van der Waals surface area contributed by atoms with Crippen molar-refractivity contribution in [1.29, 1.82) is 0 Å². The lowest BCUT2D eigenvalue weighted by atomic mass is 9.77. The third kappa shape index (κ3) is 3.14. The minimum atomic E-state index is -0.423. The van der Waals surface area contributed by atoms with Crippen molar-refractivity contribution in [1.82, 2.24) is 0 Å². The van der Waals surface area contributed by atoms with Crippen molar-refractivity contribution in [3.63, 3.8) is 0 Å². The number of aryl methyl sites for hydroxylation is 1. The second-order valence-electron chi connectivity index (χ2n) is 4.71. The first-order valence-corrected chi connectivity index (χ1v) is 6.17. The van der Waals surface area contributed by atoms with Gasteiger partial charge < -0.3 is 10.8 Å². The lowest BCUT2D eigenvalue weighted by molar-refractivity contribution is 0.0412. The van der Waals surface area contributed by atoms with E-state index in [2.05, 4.69) is 0 Å². The molecule has 0 heterocycles. The van der Waals surface area contributed by atoms with E-state index in [9.17, 15) is 5.11 Å². The predicted molar refractivity (Wildman–Crippen MR) is 73.7 cm³/mol. The number of hydrogen-bond acceptors (Lipinski definition) is 2. The van der Waals surface area contributed by atoms with Crippen LogP contribution in [-0.2, 0) is 0 Å². The van der Waals surface area contributed by atoms with Gasteiger partial charge in [0.1, 0.15) is 0 Å². The molecule has 0 aliphatic heterocycles. The fourth-order valence-corrected chi connectivity index (χ4v) is 2.50. The van der Waals surface area contributed by atoms with E-state index in [1.807, 2.05) is 25.1 Å². The average Bonchev–Trinajstić information content (AvgIpc) is 2.14. The topological polar surface area (TPSA) is 46.2 Å². The highest BCUT2D eigenvalue weighted by atomic mass is 35.5. The largest absolute Gasteiger partial charge is 0.391 e. The van der Waals surface area contributed by atoms with Gasteiger partial charge in [-0.2, -0.15) is 0 Å². The summed E-state index contributed by atoms with van der Waals surface area (Å²) in [7, 11) is 0. The smallest absolute Gasteiger partial charge is 0.0760 e. The van der Waals surface area contributed by atoms with E-state index in [4.69, 9.17) is 17.3 Å². The van der Waals surface area contributed by atoms with Gasteiger partial charge in [0.15, 0.2) is 0 Å². The van der Waals surface area contributed by atoms with Crippen molar-refractivity contribution in [2.24, 2.45) is 11.7 Å². The molecule has 1 aliphatic rings. The van der Waals surface area contributed by atoms with E-state index in [1.165, 1.54) is 6.42 Å². The summed E-state index contributed by atoms with van der Waals surface area (Å²) in [6, 6.07) is 5.36. The molecule has 2 nitrogen and oxygen atoms in total. The lowest BCUT2D eigenvalue weighted by Crippen LogP contribution is -2.36. The Bertz CT molecular complexity index is 380. The summed E-state index contributed by atoms with van der Waals surface area (Å²) in [5, 5.41) is 10.8. The Morgan fingerprint density at radius 3 is 2.53 bits per heavy atom. The number of nitrogens with two attached hydrogens (primary N) is 1. The van der Waals surface area contributed by atoms with Gasteiger partial charge in [0.25, 0.3) is 0 Å². The molecule has 3 N–H and O–H groups in total. The Morgan fingerprint density at radius 1 is 1.41 bits per heavy atom. The molecule has 0 bridgehead atoms. The molecule has 1 saturated carbocycles. The molecule has 2 atom stereocenters. The third-order valence-corrected chi connectivity index (χ3v) is 3.83. The molecule has 1 aliphatic carbocycles. The van der Waals surface area contributed by atoms with Gasteiger partial charge >= 0.3 is 0 Å². The number of hydrogen-bond donors (Lipinski definition) is 2. The van der Waals surface area contributed by atoms with E-state index in [-0.39, 0.29) is 18.4 Å². The first-order chi connectivity index (χ1) is 7.59. The second kappa shape index (κ2) is 6.05. The highest BCUT2D eigenvalue weighted by Crippen LogP contribution is 2.35. The van der Waals surface area contributed by atoms with Crippen molar-refractivity contribution in [2.45, 2.75) is 38.3 Å². The fourth-order valence-electron chi connectivity index (χ4n) is 2.27. The average molecular weight is 276 g/mol. The van der Waals surface area contributed by atoms with Crippen LogP contribution in [0.1, 0.15) is 36.4 Å². The van der Waals surface area contributed by atoms with Crippen LogP contribution in [0, 0.1) is 12.8 Å². The first kappa shape index (κ1) is 14.8. The molecule has 1 aromatic rings. The Labute approximate surface area is 114 Å². The van der Waals surface area contributed by atoms with Gasteiger partial charge in [0.2, 0.25) is 0 Å². The minimum Gasteiger partial charge on any atom is -0.391 e. The standard InChI is InChI=1S/C13H18ClNO.ClH/c1-8-7-10(14)5-6-11(8)12(15)13(16)9-3-2-4-9;/h5-7,9,12-13,16H,2-4,15H2,1H3;1H/t12-,13+;/m0./s1. The highest BCUT2D eigenvalue weighted by molar-refractivity contribution is 6.30. The van der Waals surface area contributed by atoms with E-state index < -0.39 is 6.10 Å². The maximum absolute atomic E-state index is 10.1. The molecule has 0 saturated heterocycles. The van der Waals surface area contributed by atoms with Crippen molar-refractivity contribution in [3.8, 4) is 0 Å². The molecule has 0 spiro atoms. The molecule has 0 radical (unpaired) electrons. The van der Waals surface area contributed by atoms with Crippen LogP contribution in [0.2, 0.25) is 5.02 Å². The van der Waals surface area contributed by atoms with Crippen LogP contribution in [0.25, 0.3) is 0 Å². The molecular weight excluding hydrogens is 257 g/mol. The van der Waals surface area contributed by atoms with Gasteiger partial charge in [0.05, 0.1) is 12.1 Å². The van der Waals surface area contributed by atoms with E-state index in [1.54, 1.807) is 0 Å². The SMILES string of the molecule is Cc1cc(Cl)ccc1[C@H](N)[C@H](O)C1CCC1.Cl. The molecule has 0 unspecified atom stereocenters. The van der Waals surface area contributed by atoms with Crippen LogP contribution in [0.5, 0.6) is 0 Å². The third-order valence-electron chi connectivity index (χ3n) is 3.59. The van der Waals surface area contributed by atoms with E-state index in [0.29, 0.717) is 10.9 Å². The van der Waals surface area contributed by atoms with Crippen molar-refractivity contribution in [2.75, 3.05) is 0 Å². The van der Waals surface area contributed by atoms with Gasteiger partial charge in [-0.25, -0.2) is 0 Å². The number of rotatable bonds is 3. The Kier molecular flexibility index (Phi) is 5.26. The maximum Gasteiger partial charge on any atom is 0.0760 e. The first-order valence-electron chi connectivity index (χ1n) is 5.79. The van der Waals surface area contributed by atoms with Gasteiger partial charge in [-0.1, -0.05) is 24.1 Å². The number of aliphatic hydroxyl groups excluding tert-OH is 1. The second-order valence-corrected chi connectivity index (χ2v) is 5.14. The van der Waals surface area contributed by atoms with Crippen molar-refractivity contribution >= 4 is 24.0 Å². The predicted octanol–water partition coefficient (Wildman–Crippen LogP) is 3.23. The Morgan fingerprint density at radius 2 is 2.06 bits per heavy atom. The van der Waals surface area contributed by atoms with Crippen LogP contribution in [0.4, 0.5) is 0 Å². The molecule has 4 heteroatoms. The summed E-state index contributed by atoms with van der Waals surface area (Å²) in [6.45, 7) is 1.98. The zero-order valence-corrected chi connectivity index (χ0v) is 11.5. The molecule has 0 aromatic heterocycles. The summed E-state index contributed by atoms with van der Waals surface area (Å²) in [5.41, 5.74) is 8.16. The zero-order valence-electron chi connectivity index (χ0n) is 9.90. The number of benzene rings is 1. The summed E-state index contributed by atoms with van der Waals surface area (Å²) in [4.78, 5) is 0. The molecule has 0 amide bonds. The van der Waals surface area contributed by atoms with Crippen LogP contribution >= 0.6 is 24.0 Å². The minimum absolute atomic E-state index is 0. The zero-order chi connectivity index (χ0) is 11.7. The van der Waals surface area contributed by atoms with Gasteiger partial charge in [-0.05, 0) is 48.9 Å². The van der Waals surface area contributed by atoms with E-state index in [0.717, 1.165) is 24.0 Å². The molecule has 96 valence electrons. The number of halogens is 2. The summed E-state index contributed by atoms with van der Waals surface area (Å²) < 4.78 is 0. The van der Waals surface area contributed by atoms with Crippen LogP contribution in [-0.4, -0.2) is 11.2 Å². The lowest BCUT2D eigenvalue weighted by Gasteiger charge is -2.34. The molecule has 1 aromatic carbocycles. The van der Waals surface area contributed by atoms with Gasteiger partial charge in [-0.15, -0.1) is 12.4 Å². The Hall–Kier alpha value is -0.280. The van der Waals surface area contributed by atoms with Crippen LogP contribution < -0.4 is 5.73 Å². The van der Waals surface area contributed by atoms with Crippen LogP contribution in [0.15, 0.2) is 18.2 Å². The van der Waals surface area contributed by atoms with E-state index >= 15 is 0 Å². The quantitative estimate of drug-likeness (QED) is 0.890. The molecule has 2 rings (SSSR count). The highest BCUT2D eigenvalue weighted by Gasteiger charge is 2.31. The summed E-state index contributed by atoms with van der Waals surface area (Å²) in [6.07, 6.45) is 2.99. The van der Waals surface area contributed by atoms with Crippen LogP contribution in [0.3, 0.4) is 0 Å². The molecular formula is C13H19Cl2NO. The maximum atomic E-state index is 10.1. The summed E-state index contributed by atoms with van der Waals surface area (Å²) >= 11 is 5.90.